The van der Waals surface area contributed by atoms with E-state index in [1.54, 1.807) is 14.2 Å². The van der Waals surface area contributed by atoms with Crippen LogP contribution in [0.1, 0.15) is 38.4 Å². The maximum atomic E-state index is 5.58. The molecule has 0 radical (unpaired) electrons. The molecule has 1 fully saturated rings. The van der Waals surface area contributed by atoms with Crippen molar-refractivity contribution in [3.05, 3.63) is 54.4 Å². The topological polar surface area (TPSA) is 74.1 Å². The number of tetrazole rings is 1. The highest BCUT2D eigenvalue weighted by atomic mass is 16.5. The molecule has 7 heteroatoms. The lowest BCUT2D eigenvalue weighted by Crippen LogP contribution is -2.41. The number of para-hydroxylation sites is 2. The third-order valence-electron chi connectivity index (χ3n) is 5.82. The Morgan fingerprint density at radius 3 is 2.41 bits per heavy atom. The first-order valence-electron chi connectivity index (χ1n) is 10.00. The van der Waals surface area contributed by atoms with Crippen molar-refractivity contribution in [2.45, 2.75) is 38.1 Å². The number of ether oxygens (including phenoxy) is 2. The summed E-state index contributed by atoms with van der Waals surface area (Å²) in [7, 11) is 3.35. The number of nitrogens with zero attached hydrogens (tertiary/aromatic N) is 4. The van der Waals surface area contributed by atoms with Crippen LogP contribution < -0.4 is 14.8 Å². The highest BCUT2D eigenvalue weighted by Gasteiger charge is 2.41. The summed E-state index contributed by atoms with van der Waals surface area (Å²) in [5.41, 5.74) is 1.49. The van der Waals surface area contributed by atoms with Crippen LogP contribution in [-0.2, 0) is 5.54 Å². The Balaban J connectivity index is 1.76. The Bertz CT molecular complexity index is 946. The van der Waals surface area contributed by atoms with Crippen molar-refractivity contribution in [2.75, 3.05) is 19.5 Å². The molecule has 1 aliphatic rings. The van der Waals surface area contributed by atoms with Crippen LogP contribution in [-0.4, -0.2) is 34.4 Å². The molecule has 2 aromatic carbocycles. The van der Waals surface area contributed by atoms with Gasteiger partial charge in [0.1, 0.15) is 11.5 Å². The van der Waals surface area contributed by atoms with Gasteiger partial charge in [-0.05, 0) is 78.4 Å². The van der Waals surface area contributed by atoms with Gasteiger partial charge in [-0.2, -0.15) is 4.68 Å². The Hall–Kier alpha value is -3.09. The van der Waals surface area contributed by atoms with Gasteiger partial charge >= 0.3 is 0 Å². The molecule has 0 atom stereocenters. The predicted molar refractivity (Wildman–Crippen MR) is 112 cm³/mol. The van der Waals surface area contributed by atoms with Crippen molar-refractivity contribution < 1.29 is 9.47 Å². The average Bonchev–Trinajstić information content (AvgIpc) is 3.27. The third-order valence-corrected chi connectivity index (χ3v) is 5.82. The summed E-state index contributed by atoms with van der Waals surface area (Å²) in [5, 5.41) is 16.6. The van der Waals surface area contributed by atoms with Gasteiger partial charge in [-0.3, -0.25) is 0 Å². The smallest absolute Gasteiger partial charge is 0.181 e. The zero-order valence-electron chi connectivity index (χ0n) is 17.1. The van der Waals surface area contributed by atoms with Gasteiger partial charge in [0.25, 0.3) is 0 Å². The van der Waals surface area contributed by atoms with Crippen molar-refractivity contribution in [1.82, 2.24) is 20.2 Å². The molecule has 4 rings (SSSR count). The standard InChI is InChI=1S/C22H27N5O2/c1-16-12-14-22(15-13-16,23-19-6-4-5-7-20(19)29-3)21-24-25-26-27(21)17-8-10-18(28-2)11-9-17/h4-11,16,23H,12-15H2,1-3H3. The highest BCUT2D eigenvalue weighted by molar-refractivity contribution is 5.58. The number of benzene rings is 2. The van der Waals surface area contributed by atoms with E-state index in [9.17, 15) is 0 Å². The number of nitrogens with one attached hydrogen (secondary N) is 1. The lowest BCUT2D eigenvalue weighted by Gasteiger charge is -2.40. The summed E-state index contributed by atoms with van der Waals surface area (Å²) in [4.78, 5) is 0. The summed E-state index contributed by atoms with van der Waals surface area (Å²) in [6.07, 6.45) is 4.11. The highest BCUT2D eigenvalue weighted by Crippen LogP contribution is 2.43. The molecule has 0 aliphatic heterocycles. The Kier molecular flexibility index (Phi) is 5.38. The first-order valence-corrected chi connectivity index (χ1v) is 10.00. The summed E-state index contributed by atoms with van der Waals surface area (Å²) in [5.74, 6) is 3.12. The van der Waals surface area contributed by atoms with E-state index >= 15 is 0 Å². The lowest BCUT2D eigenvalue weighted by molar-refractivity contribution is 0.254. The van der Waals surface area contributed by atoms with Gasteiger partial charge < -0.3 is 14.8 Å². The number of anilines is 1. The second-order valence-corrected chi connectivity index (χ2v) is 7.70. The molecule has 1 N–H and O–H groups in total. The molecular weight excluding hydrogens is 366 g/mol. The molecule has 1 saturated carbocycles. The first kappa shape index (κ1) is 19.2. The van der Waals surface area contributed by atoms with Gasteiger partial charge in [-0.1, -0.05) is 19.1 Å². The zero-order valence-corrected chi connectivity index (χ0v) is 17.1. The van der Waals surface area contributed by atoms with Crippen LogP contribution in [0.3, 0.4) is 0 Å². The van der Waals surface area contributed by atoms with E-state index < -0.39 is 0 Å². The number of aromatic nitrogens is 4. The maximum absolute atomic E-state index is 5.58. The fourth-order valence-corrected chi connectivity index (χ4v) is 4.05. The van der Waals surface area contributed by atoms with Gasteiger partial charge in [-0.25, -0.2) is 0 Å². The van der Waals surface area contributed by atoms with Crippen LogP contribution in [0.2, 0.25) is 0 Å². The molecule has 1 aliphatic carbocycles. The minimum absolute atomic E-state index is 0.370. The van der Waals surface area contributed by atoms with Crippen LogP contribution in [0, 0.1) is 5.92 Å². The minimum Gasteiger partial charge on any atom is -0.497 e. The van der Waals surface area contributed by atoms with Crippen molar-refractivity contribution >= 4 is 5.69 Å². The normalized spacial score (nSPS) is 21.6. The molecule has 29 heavy (non-hydrogen) atoms. The fraction of sp³-hybridized carbons (Fsp3) is 0.409. The van der Waals surface area contributed by atoms with Crippen LogP contribution in [0.4, 0.5) is 5.69 Å². The van der Waals surface area contributed by atoms with E-state index in [1.165, 1.54) is 0 Å². The van der Waals surface area contributed by atoms with E-state index in [4.69, 9.17) is 9.47 Å². The van der Waals surface area contributed by atoms with Crippen LogP contribution in [0.25, 0.3) is 5.69 Å². The molecule has 1 aromatic heterocycles. The summed E-state index contributed by atoms with van der Waals surface area (Å²) < 4.78 is 12.7. The molecule has 152 valence electrons. The predicted octanol–water partition coefficient (Wildman–Crippen LogP) is 4.20. The third kappa shape index (κ3) is 3.77. The van der Waals surface area contributed by atoms with E-state index in [2.05, 4.69) is 27.8 Å². The fourth-order valence-electron chi connectivity index (χ4n) is 4.05. The molecule has 0 saturated heterocycles. The molecule has 3 aromatic rings. The average molecular weight is 393 g/mol. The lowest BCUT2D eigenvalue weighted by atomic mass is 9.76. The Morgan fingerprint density at radius 1 is 1.00 bits per heavy atom. The molecule has 7 nitrogen and oxygen atoms in total. The van der Waals surface area contributed by atoms with E-state index in [0.29, 0.717) is 5.92 Å². The van der Waals surface area contributed by atoms with Crippen molar-refractivity contribution in [1.29, 1.82) is 0 Å². The summed E-state index contributed by atoms with van der Waals surface area (Å²) >= 11 is 0. The Labute approximate surface area is 171 Å². The van der Waals surface area contributed by atoms with Crippen molar-refractivity contribution in [3.8, 4) is 17.2 Å². The molecular formula is C22H27N5O2. The number of hydrogen-bond acceptors (Lipinski definition) is 6. The molecule has 0 unspecified atom stereocenters. The SMILES string of the molecule is COc1ccc(-n2nnnc2C2(Nc3ccccc3OC)CCC(C)CC2)cc1. The maximum Gasteiger partial charge on any atom is 0.181 e. The zero-order chi connectivity index (χ0) is 20.3. The summed E-state index contributed by atoms with van der Waals surface area (Å²) in [6.45, 7) is 2.31. The van der Waals surface area contributed by atoms with Gasteiger partial charge in [0.2, 0.25) is 0 Å². The largest absolute Gasteiger partial charge is 0.497 e. The second kappa shape index (κ2) is 8.11. The molecule has 1 heterocycles. The van der Waals surface area contributed by atoms with Gasteiger partial charge in [-0.15, -0.1) is 5.10 Å². The van der Waals surface area contributed by atoms with E-state index in [-0.39, 0.29) is 5.54 Å². The number of rotatable bonds is 6. The number of hydrogen-bond donors (Lipinski definition) is 1. The Morgan fingerprint density at radius 2 is 1.72 bits per heavy atom. The van der Waals surface area contributed by atoms with E-state index in [0.717, 1.165) is 54.4 Å². The minimum atomic E-state index is -0.370. The molecule has 0 bridgehead atoms. The second-order valence-electron chi connectivity index (χ2n) is 7.70. The van der Waals surface area contributed by atoms with Crippen LogP contribution in [0.5, 0.6) is 11.5 Å². The summed E-state index contributed by atoms with van der Waals surface area (Å²) in [6, 6.07) is 15.8. The first-order chi connectivity index (χ1) is 14.1. The van der Waals surface area contributed by atoms with Gasteiger partial charge in [0.05, 0.1) is 31.1 Å². The quantitative estimate of drug-likeness (QED) is 0.677. The van der Waals surface area contributed by atoms with Crippen molar-refractivity contribution in [3.63, 3.8) is 0 Å². The molecule has 0 amide bonds. The number of methoxy groups -OCH3 is 2. The van der Waals surface area contributed by atoms with Crippen LogP contribution >= 0.6 is 0 Å². The monoisotopic (exact) mass is 393 g/mol. The van der Waals surface area contributed by atoms with Crippen LogP contribution in [0.15, 0.2) is 48.5 Å². The van der Waals surface area contributed by atoms with E-state index in [1.807, 2.05) is 53.2 Å². The molecule has 0 spiro atoms. The van der Waals surface area contributed by atoms with Gasteiger partial charge in [0, 0.05) is 0 Å². The van der Waals surface area contributed by atoms with Gasteiger partial charge in [0.15, 0.2) is 5.82 Å². The van der Waals surface area contributed by atoms with Crippen molar-refractivity contribution in [2.24, 2.45) is 5.92 Å².